The van der Waals surface area contributed by atoms with Crippen LogP contribution in [0.25, 0.3) is 0 Å². The van der Waals surface area contributed by atoms with Crippen LogP contribution >= 0.6 is 0 Å². The minimum atomic E-state index is -0.830. The van der Waals surface area contributed by atoms with E-state index in [0.717, 1.165) is 6.54 Å². The molecule has 0 amide bonds. The van der Waals surface area contributed by atoms with E-state index >= 15 is 0 Å². The molecule has 2 unspecified atom stereocenters. The van der Waals surface area contributed by atoms with Crippen molar-refractivity contribution in [2.75, 3.05) is 19.6 Å². The fourth-order valence-electron chi connectivity index (χ4n) is 1.04. The van der Waals surface area contributed by atoms with Crippen molar-refractivity contribution in [2.24, 2.45) is 0 Å². The number of hydrogen-bond donors (Lipinski definition) is 2. The van der Waals surface area contributed by atoms with Gasteiger partial charge in [0.1, 0.15) is 0 Å². The molecule has 0 aromatic heterocycles. The zero-order valence-corrected chi connectivity index (χ0v) is 6.03. The van der Waals surface area contributed by atoms with Crippen molar-refractivity contribution in [1.29, 1.82) is 0 Å². The van der Waals surface area contributed by atoms with Gasteiger partial charge >= 0.3 is 0 Å². The maximum absolute atomic E-state index is 8.96. The molecular formula is C6H13NO3. The SMILES string of the molecule is CCN1CC(O)OC(O)C1. The molecule has 4 nitrogen and oxygen atoms in total. The van der Waals surface area contributed by atoms with E-state index in [4.69, 9.17) is 10.2 Å². The van der Waals surface area contributed by atoms with E-state index in [0.29, 0.717) is 13.1 Å². The van der Waals surface area contributed by atoms with Gasteiger partial charge in [-0.2, -0.15) is 0 Å². The second-order valence-electron chi connectivity index (χ2n) is 2.40. The van der Waals surface area contributed by atoms with Gasteiger partial charge in [-0.05, 0) is 6.54 Å². The second kappa shape index (κ2) is 3.30. The minimum absolute atomic E-state index is 0.494. The van der Waals surface area contributed by atoms with Crippen molar-refractivity contribution < 1.29 is 14.9 Å². The maximum atomic E-state index is 8.96. The Bertz CT molecular complexity index is 99.2. The van der Waals surface area contributed by atoms with Crippen LogP contribution < -0.4 is 0 Å². The molecule has 0 aromatic rings. The molecule has 0 aromatic carbocycles. The summed E-state index contributed by atoms with van der Waals surface area (Å²) in [6.07, 6.45) is -1.66. The van der Waals surface area contributed by atoms with E-state index in [1.54, 1.807) is 0 Å². The highest BCUT2D eigenvalue weighted by Gasteiger charge is 2.22. The van der Waals surface area contributed by atoms with E-state index in [9.17, 15) is 0 Å². The van der Waals surface area contributed by atoms with Gasteiger partial charge in [0.15, 0.2) is 12.6 Å². The predicted molar refractivity (Wildman–Crippen MR) is 35.2 cm³/mol. The van der Waals surface area contributed by atoms with Crippen molar-refractivity contribution in [2.45, 2.75) is 19.5 Å². The molecular weight excluding hydrogens is 134 g/mol. The average molecular weight is 147 g/mol. The van der Waals surface area contributed by atoms with Crippen LogP contribution in [0.3, 0.4) is 0 Å². The smallest absolute Gasteiger partial charge is 0.170 e. The lowest BCUT2D eigenvalue weighted by Crippen LogP contribution is -2.47. The fourth-order valence-corrected chi connectivity index (χ4v) is 1.04. The first-order chi connectivity index (χ1) is 4.72. The van der Waals surface area contributed by atoms with Crippen LogP contribution in [-0.2, 0) is 4.74 Å². The molecule has 1 fully saturated rings. The quantitative estimate of drug-likeness (QED) is 0.498. The Morgan fingerprint density at radius 3 is 2.30 bits per heavy atom. The molecule has 2 N–H and O–H groups in total. The largest absolute Gasteiger partial charge is 0.367 e. The summed E-state index contributed by atoms with van der Waals surface area (Å²) in [7, 11) is 0. The van der Waals surface area contributed by atoms with E-state index < -0.39 is 12.6 Å². The predicted octanol–water partition coefficient (Wildman–Crippen LogP) is -1.02. The van der Waals surface area contributed by atoms with Crippen molar-refractivity contribution in [3.8, 4) is 0 Å². The average Bonchev–Trinajstić information content (AvgIpc) is 1.85. The minimum Gasteiger partial charge on any atom is -0.367 e. The van der Waals surface area contributed by atoms with Crippen molar-refractivity contribution >= 4 is 0 Å². The van der Waals surface area contributed by atoms with Crippen molar-refractivity contribution in [3.05, 3.63) is 0 Å². The van der Waals surface area contributed by atoms with Crippen LogP contribution in [0.1, 0.15) is 6.92 Å². The van der Waals surface area contributed by atoms with Crippen LogP contribution in [0.15, 0.2) is 0 Å². The summed E-state index contributed by atoms with van der Waals surface area (Å²) in [6, 6.07) is 0. The Hall–Kier alpha value is -0.160. The van der Waals surface area contributed by atoms with Gasteiger partial charge in [-0.1, -0.05) is 6.92 Å². The summed E-state index contributed by atoms with van der Waals surface area (Å²) in [5, 5.41) is 17.9. The van der Waals surface area contributed by atoms with Gasteiger partial charge in [0, 0.05) is 13.1 Å². The van der Waals surface area contributed by atoms with Gasteiger partial charge in [-0.25, -0.2) is 0 Å². The van der Waals surface area contributed by atoms with Crippen LogP contribution in [0.4, 0.5) is 0 Å². The van der Waals surface area contributed by atoms with Crippen LogP contribution in [0.2, 0.25) is 0 Å². The number of β-amino-alcohol motifs (C(OH)–C–C–N with tert-alkyl or cyclic N) is 2. The van der Waals surface area contributed by atoms with E-state index in [2.05, 4.69) is 4.74 Å². The summed E-state index contributed by atoms with van der Waals surface area (Å²) in [4.78, 5) is 1.93. The molecule has 4 heteroatoms. The Labute approximate surface area is 60.0 Å². The zero-order valence-electron chi connectivity index (χ0n) is 6.03. The number of aliphatic hydroxyl groups is 2. The Balaban J connectivity index is 2.35. The molecule has 0 bridgehead atoms. The molecule has 0 saturated carbocycles. The third-order valence-electron chi connectivity index (χ3n) is 1.59. The fraction of sp³-hybridized carbons (Fsp3) is 1.00. The number of aliphatic hydroxyl groups excluding tert-OH is 2. The molecule has 10 heavy (non-hydrogen) atoms. The van der Waals surface area contributed by atoms with Crippen LogP contribution in [-0.4, -0.2) is 47.3 Å². The number of ether oxygens (including phenoxy) is 1. The Morgan fingerprint density at radius 2 is 1.90 bits per heavy atom. The standard InChI is InChI=1S/C6H13NO3/c1-2-7-3-5(8)10-6(9)4-7/h5-6,8-9H,2-4H2,1H3. The number of rotatable bonds is 1. The molecule has 1 aliphatic heterocycles. The third-order valence-corrected chi connectivity index (χ3v) is 1.59. The lowest BCUT2D eigenvalue weighted by molar-refractivity contribution is -0.247. The summed E-state index contributed by atoms with van der Waals surface area (Å²) in [5.41, 5.74) is 0. The summed E-state index contributed by atoms with van der Waals surface area (Å²) >= 11 is 0. The molecule has 0 aliphatic carbocycles. The highest BCUT2D eigenvalue weighted by molar-refractivity contribution is 4.64. The number of morpholine rings is 1. The van der Waals surface area contributed by atoms with Gasteiger partial charge in [-0.15, -0.1) is 0 Å². The topological polar surface area (TPSA) is 52.9 Å². The third kappa shape index (κ3) is 1.91. The van der Waals surface area contributed by atoms with Gasteiger partial charge in [0.05, 0.1) is 0 Å². The zero-order chi connectivity index (χ0) is 7.56. The monoisotopic (exact) mass is 147 g/mol. The lowest BCUT2D eigenvalue weighted by Gasteiger charge is -2.32. The highest BCUT2D eigenvalue weighted by atomic mass is 16.7. The maximum Gasteiger partial charge on any atom is 0.170 e. The molecule has 1 heterocycles. The van der Waals surface area contributed by atoms with Gasteiger partial charge in [0.25, 0.3) is 0 Å². The van der Waals surface area contributed by atoms with Gasteiger partial charge in [-0.3, -0.25) is 4.90 Å². The molecule has 0 radical (unpaired) electrons. The van der Waals surface area contributed by atoms with Crippen molar-refractivity contribution in [3.63, 3.8) is 0 Å². The lowest BCUT2D eigenvalue weighted by atomic mass is 10.4. The van der Waals surface area contributed by atoms with E-state index in [1.807, 2.05) is 11.8 Å². The Kier molecular flexibility index (Phi) is 2.62. The molecule has 1 rings (SSSR count). The normalized spacial score (nSPS) is 36.3. The Morgan fingerprint density at radius 1 is 1.40 bits per heavy atom. The highest BCUT2D eigenvalue weighted by Crippen LogP contribution is 2.05. The number of hydrogen-bond acceptors (Lipinski definition) is 4. The van der Waals surface area contributed by atoms with Gasteiger partial charge in [0.2, 0.25) is 0 Å². The van der Waals surface area contributed by atoms with Crippen molar-refractivity contribution in [1.82, 2.24) is 4.90 Å². The second-order valence-corrected chi connectivity index (χ2v) is 2.40. The molecule has 2 atom stereocenters. The summed E-state index contributed by atoms with van der Waals surface area (Å²) < 4.78 is 4.69. The molecule has 1 saturated heterocycles. The van der Waals surface area contributed by atoms with Crippen LogP contribution in [0.5, 0.6) is 0 Å². The van der Waals surface area contributed by atoms with Crippen LogP contribution in [0, 0.1) is 0 Å². The number of nitrogens with zero attached hydrogens (tertiary/aromatic N) is 1. The van der Waals surface area contributed by atoms with E-state index in [1.165, 1.54) is 0 Å². The van der Waals surface area contributed by atoms with Gasteiger partial charge < -0.3 is 14.9 Å². The van der Waals surface area contributed by atoms with E-state index in [-0.39, 0.29) is 0 Å². The first-order valence-corrected chi connectivity index (χ1v) is 3.46. The molecule has 1 aliphatic rings. The molecule has 0 spiro atoms. The molecule has 60 valence electrons. The first-order valence-electron chi connectivity index (χ1n) is 3.46. The summed E-state index contributed by atoms with van der Waals surface area (Å²) in [5.74, 6) is 0. The number of likely N-dealkylation sites (N-methyl/N-ethyl adjacent to an activating group) is 1. The first kappa shape index (κ1) is 7.94. The summed E-state index contributed by atoms with van der Waals surface area (Å²) in [6.45, 7) is 3.80.